The SMILES string of the molecule is CC1=CC(NC(=O)Cc2ccccc2)C2C(=O)NC(=O)C2C1. The van der Waals surface area contributed by atoms with Crippen molar-refractivity contribution < 1.29 is 14.4 Å². The summed E-state index contributed by atoms with van der Waals surface area (Å²) in [5.74, 6) is -1.52. The van der Waals surface area contributed by atoms with Gasteiger partial charge in [-0.15, -0.1) is 0 Å². The van der Waals surface area contributed by atoms with Crippen molar-refractivity contribution in [3.05, 3.63) is 47.5 Å². The van der Waals surface area contributed by atoms with E-state index in [0.717, 1.165) is 11.1 Å². The summed E-state index contributed by atoms with van der Waals surface area (Å²) in [7, 11) is 0. The largest absolute Gasteiger partial charge is 0.349 e. The van der Waals surface area contributed by atoms with Crippen LogP contribution in [0.15, 0.2) is 42.0 Å². The van der Waals surface area contributed by atoms with Crippen LogP contribution in [-0.4, -0.2) is 23.8 Å². The first-order valence-corrected chi connectivity index (χ1v) is 7.40. The van der Waals surface area contributed by atoms with Crippen LogP contribution >= 0.6 is 0 Å². The second-order valence-electron chi connectivity index (χ2n) is 5.96. The van der Waals surface area contributed by atoms with Crippen molar-refractivity contribution in [1.29, 1.82) is 0 Å². The molecule has 1 aromatic rings. The smallest absolute Gasteiger partial charge is 0.232 e. The Morgan fingerprint density at radius 1 is 1.23 bits per heavy atom. The van der Waals surface area contributed by atoms with Crippen LogP contribution in [0.1, 0.15) is 18.9 Å². The highest BCUT2D eigenvalue weighted by molar-refractivity contribution is 6.06. The first-order chi connectivity index (χ1) is 10.5. The number of amides is 3. The maximum Gasteiger partial charge on any atom is 0.232 e. The molecular formula is C17H18N2O3. The molecule has 22 heavy (non-hydrogen) atoms. The minimum Gasteiger partial charge on any atom is -0.349 e. The van der Waals surface area contributed by atoms with Crippen LogP contribution in [0, 0.1) is 11.8 Å². The standard InChI is InChI=1S/C17H18N2O3/c1-10-7-12-15(17(22)19-16(12)21)13(8-10)18-14(20)9-11-5-3-2-4-6-11/h2-6,8,12-13,15H,7,9H2,1H3,(H,18,20)(H,19,21,22). The average Bonchev–Trinajstić information content (AvgIpc) is 2.74. The van der Waals surface area contributed by atoms with Gasteiger partial charge < -0.3 is 5.32 Å². The second kappa shape index (κ2) is 5.75. The summed E-state index contributed by atoms with van der Waals surface area (Å²) in [4.78, 5) is 36.0. The fourth-order valence-corrected chi connectivity index (χ4v) is 3.25. The van der Waals surface area contributed by atoms with Gasteiger partial charge in [-0.2, -0.15) is 0 Å². The highest BCUT2D eigenvalue weighted by atomic mass is 16.2. The van der Waals surface area contributed by atoms with Gasteiger partial charge in [-0.25, -0.2) is 0 Å². The molecule has 1 aromatic carbocycles. The minimum absolute atomic E-state index is 0.145. The number of nitrogens with one attached hydrogen (secondary N) is 2. The van der Waals surface area contributed by atoms with Crippen molar-refractivity contribution >= 4 is 17.7 Å². The van der Waals surface area contributed by atoms with Crippen molar-refractivity contribution in [1.82, 2.24) is 10.6 Å². The van der Waals surface area contributed by atoms with E-state index in [1.807, 2.05) is 43.3 Å². The number of fused-ring (bicyclic) bond motifs is 1. The lowest BCUT2D eigenvalue weighted by atomic mass is 9.78. The van der Waals surface area contributed by atoms with E-state index in [0.29, 0.717) is 6.42 Å². The molecule has 2 aliphatic rings. The molecule has 3 amide bonds. The molecule has 5 heteroatoms. The summed E-state index contributed by atoms with van der Waals surface area (Å²) < 4.78 is 0. The highest BCUT2D eigenvalue weighted by Gasteiger charge is 2.47. The molecule has 1 aliphatic heterocycles. The van der Waals surface area contributed by atoms with E-state index in [9.17, 15) is 14.4 Å². The van der Waals surface area contributed by atoms with Gasteiger partial charge in [0.25, 0.3) is 0 Å². The Kier molecular flexibility index (Phi) is 3.79. The van der Waals surface area contributed by atoms with E-state index < -0.39 is 12.0 Å². The number of rotatable bonds is 3. The fourth-order valence-electron chi connectivity index (χ4n) is 3.25. The van der Waals surface area contributed by atoms with E-state index in [1.54, 1.807) is 0 Å². The predicted molar refractivity (Wildman–Crippen MR) is 80.6 cm³/mol. The molecule has 3 atom stereocenters. The van der Waals surface area contributed by atoms with Crippen LogP contribution in [0.5, 0.6) is 0 Å². The Labute approximate surface area is 128 Å². The van der Waals surface area contributed by atoms with Gasteiger partial charge in [-0.05, 0) is 18.9 Å². The third kappa shape index (κ3) is 2.79. The van der Waals surface area contributed by atoms with E-state index in [4.69, 9.17) is 0 Å². The summed E-state index contributed by atoms with van der Waals surface area (Å²) >= 11 is 0. The van der Waals surface area contributed by atoms with E-state index in [-0.39, 0.29) is 30.1 Å². The highest BCUT2D eigenvalue weighted by Crippen LogP contribution is 2.33. The Bertz CT molecular complexity index is 651. The molecule has 3 unspecified atom stereocenters. The van der Waals surface area contributed by atoms with Crippen molar-refractivity contribution in [2.24, 2.45) is 11.8 Å². The summed E-state index contributed by atoms with van der Waals surface area (Å²) in [6.07, 6.45) is 2.73. The van der Waals surface area contributed by atoms with Crippen LogP contribution in [0.4, 0.5) is 0 Å². The number of benzene rings is 1. The first kappa shape index (κ1) is 14.5. The van der Waals surface area contributed by atoms with Gasteiger partial charge in [0.2, 0.25) is 17.7 Å². The average molecular weight is 298 g/mol. The molecular weight excluding hydrogens is 280 g/mol. The quantitative estimate of drug-likeness (QED) is 0.644. The molecule has 0 bridgehead atoms. The van der Waals surface area contributed by atoms with Crippen LogP contribution < -0.4 is 10.6 Å². The lowest BCUT2D eigenvalue weighted by Crippen LogP contribution is -2.46. The molecule has 0 radical (unpaired) electrons. The van der Waals surface area contributed by atoms with Gasteiger partial charge in [-0.3, -0.25) is 19.7 Å². The monoisotopic (exact) mass is 298 g/mol. The molecule has 1 saturated heterocycles. The second-order valence-corrected chi connectivity index (χ2v) is 5.96. The van der Waals surface area contributed by atoms with E-state index in [1.165, 1.54) is 0 Å². The predicted octanol–water partition coefficient (Wildman–Crippen LogP) is 0.953. The molecule has 1 aliphatic carbocycles. The zero-order valence-corrected chi connectivity index (χ0v) is 12.3. The van der Waals surface area contributed by atoms with Crippen LogP contribution in [0.2, 0.25) is 0 Å². The van der Waals surface area contributed by atoms with Crippen LogP contribution in [-0.2, 0) is 20.8 Å². The Morgan fingerprint density at radius 3 is 2.68 bits per heavy atom. The molecule has 1 heterocycles. The number of carbonyl (C=O) groups is 3. The summed E-state index contributed by atoms with van der Waals surface area (Å²) in [5, 5.41) is 5.26. The van der Waals surface area contributed by atoms with Crippen LogP contribution in [0.25, 0.3) is 0 Å². The maximum absolute atomic E-state index is 12.2. The summed E-state index contributed by atoms with van der Waals surface area (Å²) in [6, 6.07) is 9.01. The maximum atomic E-state index is 12.2. The summed E-state index contributed by atoms with van der Waals surface area (Å²) in [5.41, 5.74) is 1.94. The van der Waals surface area contributed by atoms with Crippen molar-refractivity contribution in [3.8, 4) is 0 Å². The van der Waals surface area contributed by atoms with Crippen molar-refractivity contribution in [3.63, 3.8) is 0 Å². The van der Waals surface area contributed by atoms with Gasteiger partial charge in [-0.1, -0.05) is 42.0 Å². The third-order valence-electron chi connectivity index (χ3n) is 4.25. The normalized spacial score (nSPS) is 27.0. The van der Waals surface area contributed by atoms with Gasteiger partial charge in [0.1, 0.15) is 0 Å². The van der Waals surface area contributed by atoms with Gasteiger partial charge in [0.15, 0.2) is 0 Å². The minimum atomic E-state index is -0.490. The van der Waals surface area contributed by atoms with E-state index >= 15 is 0 Å². The molecule has 3 rings (SSSR count). The molecule has 0 spiro atoms. The molecule has 2 N–H and O–H groups in total. The lowest BCUT2D eigenvalue weighted by Gasteiger charge is -2.29. The third-order valence-corrected chi connectivity index (χ3v) is 4.25. The molecule has 0 aromatic heterocycles. The lowest BCUT2D eigenvalue weighted by molar-refractivity contribution is -0.126. The summed E-state index contributed by atoms with van der Waals surface area (Å²) in [6.45, 7) is 1.92. The molecule has 0 saturated carbocycles. The molecule has 1 fully saturated rings. The number of hydrogen-bond acceptors (Lipinski definition) is 3. The fraction of sp³-hybridized carbons (Fsp3) is 0.353. The van der Waals surface area contributed by atoms with Crippen molar-refractivity contribution in [2.75, 3.05) is 0 Å². The topological polar surface area (TPSA) is 75.3 Å². The molecule has 114 valence electrons. The van der Waals surface area contributed by atoms with Gasteiger partial charge in [0, 0.05) is 0 Å². The number of hydrogen-bond donors (Lipinski definition) is 2. The Hall–Kier alpha value is -2.43. The van der Waals surface area contributed by atoms with Gasteiger partial charge >= 0.3 is 0 Å². The Balaban J connectivity index is 1.73. The number of allylic oxidation sites excluding steroid dienone is 1. The van der Waals surface area contributed by atoms with E-state index in [2.05, 4.69) is 10.6 Å². The zero-order chi connectivity index (χ0) is 15.7. The number of imide groups is 1. The zero-order valence-electron chi connectivity index (χ0n) is 12.3. The number of carbonyl (C=O) groups excluding carboxylic acids is 3. The van der Waals surface area contributed by atoms with Crippen molar-refractivity contribution in [2.45, 2.75) is 25.8 Å². The first-order valence-electron chi connectivity index (χ1n) is 7.40. The Morgan fingerprint density at radius 2 is 1.95 bits per heavy atom. The van der Waals surface area contributed by atoms with Gasteiger partial charge in [0.05, 0.1) is 24.3 Å². The van der Waals surface area contributed by atoms with Crippen LogP contribution in [0.3, 0.4) is 0 Å². The molecule has 5 nitrogen and oxygen atoms in total.